The van der Waals surface area contributed by atoms with E-state index in [2.05, 4.69) is 21.9 Å². The maximum absolute atomic E-state index is 12.8. The fourth-order valence-electron chi connectivity index (χ4n) is 0.904. The molecule has 1 rings (SSSR count). The molecular weight excluding hydrogens is 249 g/mol. The number of ether oxygens (including phenoxy) is 1. The fourth-order valence-corrected chi connectivity index (χ4v) is 1.45. The van der Waals surface area contributed by atoms with E-state index >= 15 is 0 Å². The molecule has 0 fully saturated rings. The number of hydrogen-bond acceptors (Lipinski definition) is 2. The van der Waals surface area contributed by atoms with Gasteiger partial charge in [-0.2, -0.15) is 5.26 Å². The van der Waals surface area contributed by atoms with Gasteiger partial charge >= 0.3 is 0 Å². The highest BCUT2D eigenvalue weighted by molar-refractivity contribution is 9.10. The minimum absolute atomic E-state index is 0.0406. The van der Waals surface area contributed by atoms with Crippen molar-refractivity contribution in [3.05, 3.63) is 28.0 Å². The average molecular weight is 254 g/mol. The molecule has 14 heavy (non-hydrogen) atoms. The quantitative estimate of drug-likeness (QED) is 0.759. The van der Waals surface area contributed by atoms with Gasteiger partial charge in [0.2, 0.25) is 0 Å². The predicted octanol–water partition coefficient (Wildman–Crippen LogP) is 2.47. The molecule has 0 aliphatic carbocycles. The highest BCUT2D eigenvalue weighted by atomic mass is 79.9. The van der Waals surface area contributed by atoms with E-state index in [0.717, 1.165) is 6.07 Å². The van der Waals surface area contributed by atoms with Crippen molar-refractivity contribution < 1.29 is 9.13 Å². The number of nitrogens with zero attached hydrogens (tertiary/aromatic N) is 1. The largest absolute Gasteiger partial charge is 0.478 e. The maximum atomic E-state index is 12.8. The molecule has 0 saturated carbocycles. The second-order valence-electron chi connectivity index (χ2n) is 2.37. The van der Waals surface area contributed by atoms with Crippen LogP contribution in [0.4, 0.5) is 4.39 Å². The molecule has 1 aromatic rings. The molecule has 0 atom stereocenters. The minimum Gasteiger partial charge on any atom is -0.478 e. The first-order chi connectivity index (χ1) is 6.69. The van der Waals surface area contributed by atoms with Crippen molar-refractivity contribution in [2.24, 2.45) is 0 Å². The fraction of sp³-hybridized carbons (Fsp3) is 0.100. The Morgan fingerprint density at radius 1 is 1.57 bits per heavy atom. The summed E-state index contributed by atoms with van der Waals surface area (Å²) < 4.78 is 18.3. The molecule has 1 aromatic carbocycles. The Balaban J connectivity index is 3.15. The molecule has 0 aliphatic rings. The molecule has 0 aromatic heterocycles. The minimum atomic E-state index is -0.499. The zero-order valence-corrected chi connectivity index (χ0v) is 8.64. The van der Waals surface area contributed by atoms with Crippen LogP contribution in [0.25, 0.3) is 0 Å². The summed E-state index contributed by atoms with van der Waals surface area (Å²) in [6.07, 6.45) is 5.00. The zero-order valence-electron chi connectivity index (χ0n) is 7.05. The van der Waals surface area contributed by atoms with Gasteiger partial charge in [-0.25, -0.2) is 4.39 Å². The molecule has 4 heteroatoms. The molecule has 0 N–H and O–H groups in total. The molecule has 0 radical (unpaired) electrons. The molecule has 0 saturated heterocycles. The van der Waals surface area contributed by atoms with Gasteiger partial charge < -0.3 is 4.74 Å². The average Bonchev–Trinajstić information content (AvgIpc) is 2.15. The van der Waals surface area contributed by atoms with Crippen molar-refractivity contribution in [3.63, 3.8) is 0 Å². The monoisotopic (exact) mass is 253 g/mol. The summed E-state index contributed by atoms with van der Waals surface area (Å²) in [5, 5.41) is 8.70. The SMILES string of the molecule is C#CCOc1c(Br)cc(F)cc1C#N. The highest BCUT2D eigenvalue weighted by Crippen LogP contribution is 2.29. The Morgan fingerprint density at radius 3 is 2.86 bits per heavy atom. The molecule has 2 nitrogen and oxygen atoms in total. The van der Waals surface area contributed by atoms with Crippen LogP contribution in [-0.2, 0) is 0 Å². The van der Waals surface area contributed by atoms with Crippen molar-refractivity contribution in [1.29, 1.82) is 5.26 Å². The first-order valence-corrected chi connectivity index (χ1v) is 4.43. The maximum Gasteiger partial charge on any atom is 0.152 e. The smallest absolute Gasteiger partial charge is 0.152 e. The van der Waals surface area contributed by atoms with E-state index in [1.165, 1.54) is 6.07 Å². The number of nitriles is 1. The Hall–Kier alpha value is -1.52. The predicted molar refractivity (Wildman–Crippen MR) is 53.1 cm³/mol. The first-order valence-electron chi connectivity index (χ1n) is 3.64. The van der Waals surface area contributed by atoms with E-state index in [1.807, 2.05) is 6.07 Å². The molecule has 0 bridgehead atoms. The first kappa shape index (κ1) is 10.6. The van der Waals surface area contributed by atoms with Crippen LogP contribution < -0.4 is 4.74 Å². The molecule has 70 valence electrons. The van der Waals surface area contributed by atoms with E-state index < -0.39 is 5.82 Å². The summed E-state index contributed by atoms with van der Waals surface area (Å²) in [5.41, 5.74) is 0.118. The number of benzene rings is 1. The third-order valence-corrected chi connectivity index (χ3v) is 2.02. The second-order valence-corrected chi connectivity index (χ2v) is 3.22. The van der Waals surface area contributed by atoms with Gasteiger partial charge in [0, 0.05) is 0 Å². The second kappa shape index (κ2) is 4.64. The van der Waals surface area contributed by atoms with Crippen molar-refractivity contribution in [3.8, 4) is 24.2 Å². The zero-order chi connectivity index (χ0) is 10.6. The Kier molecular flexibility index (Phi) is 3.50. The van der Waals surface area contributed by atoms with Crippen LogP contribution in [0.2, 0.25) is 0 Å². The summed E-state index contributed by atoms with van der Waals surface area (Å²) in [6.45, 7) is 0.0406. The Bertz CT molecular complexity index is 431. The van der Waals surface area contributed by atoms with Gasteiger partial charge in [-0.1, -0.05) is 5.92 Å². The van der Waals surface area contributed by atoms with Crippen LogP contribution >= 0.6 is 15.9 Å². The molecule has 0 unspecified atom stereocenters. The van der Waals surface area contributed by atoms with Gasteiger partial charge in [0.1, 0.15) is 18.5 Å². The van der Waals surface area contributed by atoms with E-state index in [1.54, 1.807) is 0 Å². The number of rotatable bonds is 2. The van der Waals surface area contributed by atoms with Crippen LogP contribution in [0.3, 0.4) is 0 Å². The molecule has 0 amide bonds. The number of terminal acetylenes is 1. The van der Waals surface area contributed by atoms with Gasteiger partial charge in [-0.3, -0.25) is 0 Å². The van der Waals surface area contributed by atoms with Crippen LogP contribution in [0.5, 0.6) is 5.75 Å². The van der Waals surface area contributed by atoms with E-state index in [9.17, 15) is 4.39 Å². The summed E-state index contributed by atoms with van der Waals surface area (Å²) in [4.78, 5) is 0. The third-order valence-electron chi connectivity index (χ3n) is 1.43. The van der Waals surface area contributed by atoms with Crippen LogP contribution in [0.1, 0.15) is 5.56 Å². The lowest BCUT2D eigenvalue weighted by Crippen LogP contribution is -1.97. The van der Waals surface area contributed by atoms with Crippen molar-refractivity contribution in [1.82, 2.24) is 0 Å². The topological polar surface area (TPSA) is 33.0 Å². The lowest BCUT2D eigenvalue weighted by atomic mass is 10.2. The van der Waals surface area contributed by atoms with E-state index in [0.29, 0.717) is 4.47 Å². The van der Waals surface area contributed by atoms with Gasteiger partial charge in [-0.15, -0.1) is 6.42 Å². The Labute approximate surface area is 89.4 Å². The third kappa shape index (κ3) is 2.25. The molecule has 0 aliphatic heterocycles. The van der Waals surface area contributed by atoms with Crippen LogP contribution in [0, 0.1) is 29.5 Å². The Morgan fingerprint density at radius 2 is 2.29 bits per heavy atom. The van der Waals surface area contributed by atoms with Gasteiger partial charge in [0.25, 0.3) is 0 Å². The van der Waals surface area contributed by atoms with Gasteiger partial charge in [-0.05, 0) is 28.1 Å². The van der Waals surface area contributed by atoms with Gasteiger partial charge in [0.15, 0.2) is 5.75 Å². The highest BCUT2D eigenvalue weighted by Gasteiger charge is 2.10. The summed E-state index contributed by atoms with van der Waals surface area (Å²) in [7, 11) is 0. The number of hydrogen-bond donors (Lipinski definition) is 0. The lowest BCUT2D eigenvalue weighted by molar-refractivity contribution is 0.366. The van der Waals surface area contributed by atoms with Gasteiger partial charge in [0.05, 0.1) is 10.0 Å². The molecule has 0 spiro atoms. The summed E-state index contributed by atoms with van der Waals surface area (Å²) in [6, 6.07) is 4.13. The number of halogens is 2. The van der Waals surface area contributed by atoms with Crippen molar-refractivity contribution in [2.75, 3.05) is 6.61 Å². The summed E-state index contributed by atoms with van der Waals surface area (Å²) in [5.74, 6) is 2.03. The molecule has 0 heterocycles. The normalized spacial score (nSPS) is 8.86. The van der Waals surface area contributed by atoms with E-state index in [4.69, 9.17) is 16.4 Å². The summed E-state index contributed by atoms with van der Waals surface area (Å²) >= 11 is 3.08. The van der Waals surface area contributed by atoms with E-state index in [-0.39, 0.29) is 17.9 Å². The van der Waals surface area contributed by atoms with Crippen molar-refractivity contribution in [2.45, 2.75) is 0 Å². The van der Waals surface area contributed by atoms with Crippen LogP contribution in [0.15, 0.2) is 16.6 Å². The standard InChI is InChI=1S/C10H5BrFNO/c1-2-3-14-10-7(6-13)4-8(12)5-9(10)11/h1,4-5H,3H2. The van der Waals surface area contributed by atoms with Crippen LogP contribution in [-0.4, -0.2) is 6.61 Å². The van der Waals surface area contributed by atoms with Crippen molar-refractivity contribution >= 4 is 15.9 Å². The molecular formula is C10H5BrFNO. The lowest BCUT2D eigenvalue weighted by Gasteiger charge is -2.06.